The summed E-state index contributed by atoms with van der Waals surface area (Å²) in [6.45, 7) is 1.95. The van der Waals surface area contributed by atoms with Gasteiger partial charge in [-0.1, -0.05) is 6.92 Å². The molecule has 0 aromatic carbocycles. The van der Waals surface area contributed by atoms with Crippen LogP contribution < -0.4 is 0 Å². The summed E-state index contributed by atoms with van der Waals surface area (Å²) in [4.78, 5) is 0. The third kappa shape index (κ3) is 1.10. The molecular weight excluding hydrogens is 251 g/mol. The Kier molecular flexibility index (Phi) is 2.50. The van der Waals surface area contributed by atoms with Crippen molar-refractivity contribution < 1.29 is 25.6 Å². The molecule has 0 aromatic rings. The van der Waals surface area contributed by atoms with E-state index in [1.165, 1.54) is 6.92 Å². The first kappa shape index (κ1) is 12.9. The second-order valence-corrected chi connectivity index (χ2v) is 8.13. The van der Waals surface area contributed by atoms with Gasteiger partial charge in [-0.2, -0.15) is 8.78 Å². The molecule has 5 nitrogen and oxygen atoms in total. The standard InChI is InChI=1S/C5H10BF2NO4S2/c1-3-4(2)5(7,8)15(12,13)9(6)14(4,10)11/h3,6H2,1-2H3. The number of sulfonamides is 2. The van der Waals surface area contributed by atoms with Crippen LogP contribution in [0.25, 0.3) is 0 Å². The van der Waals surface area contributed by atoms with Crippen molar-refractivity contribution >= 4 is 28.0 Å². The van der Waals surface area contributed by atoms with E-state index in [9.17, 15) is 25.6 Å². The van der Waals surface area contributed by atoms with Gasteiger partial charge in [-0.05, 0) is 13.3 Å². The van der Waals surface area contributed by atoms with E-state index in [1.54, 1.807) is 0 Å². The van der Waals surface area contributed by atoms with Crippen LogP contribution >= 0.6 is 0 Å². The maximum Gasteiger partial charge on any atom is 0.379 e. The molecule has 1 heterocycles. The molecule has 1 aliphatic rings. The molecule has 0 aromatic heterocycles. The number of hydrogen-bond acceptors (Lipinski definition) is 4. The molecule has 0 saturated carbocycles. The SMILES string of the molecule is BN1S(=O)(=O)C(F)(F)C(C)(CC)S1(=O)=O. The van der Waals surface area contributed by atoms with Crippen molar-refractivity contribution in [2.24, 2.45) is 0 Å². The van der Waals surface area contributed by atoms with Gasteiger partial charge < -0.3 is 0 Å². The third-order valence-corrected chi connectivity index (χ3v) is 8.30. The Bertz CT molecular complexity index is 487. The monoisotopic (exact) mass is 261 g/mol. The van der Waals surface area contributed by atoms with Crippen molar-refractivity contribution in [3.05, 3.63) is 0 Å². The first-order valence-electron chi connectivity index (χ1n) is 4.08. The average Bonchev–Trinajstić information content (AvgIpc) is 2.18. The van der Waals surface area contributed by atoms with Gasteiger partial charge in [-0.3, -0.25) is 0 Å². The van der Waals surface area contributed by atoms with Gasteiger partial charge in [0.1, 0.15) is 0 Å². The maximum absolute atomic E-state index is 13.5. The zero-order valence-corrected chi connectivity index (χ0v) is 9.99. The Morgan fingerprint density at radius 2 is 1.60 bits per heavy atom. The highest BCUT2D eigenvalue weighted by Crippen LogP contribution is 2.50. The number of hydrogen-bond donors (Lipinski definition) is 0. The molecule has 88 valence electrons. The molecule has 0 bridgehead atoms. The number of nitrogens with zero attached hydrogens (tertiary/aromatic N) is 1. The molecule has 1 unspecified atom stereocenters. The fourth-order valence-corrected chi connectivity index (χ4v) is 6.07. The molecule has 0 aliphatic carbocycles. The van der Waals surface area contributed by atoms with Gasteiger partial charge in [-0.15, -0.1) is 3.62 Å². The van der Waals surface area contributed by atoms with Gasteiger partial charge in [0.2, 0.25) is 18.0 Å². The Morgan fingerprint density at radius 3 is 1.73 bits per heavy atom. The molecule has 1 atom stereocenters. The predicted octanol–water partition coefficient (Wildman–Crippen LogP) is -0.729. The van der Waals surface area contributed by atoms with Crippen LogP contribution in [0.15, 0.2) is 0 Å². The summed E-state index contributed by atoms with van der Waals surface area (Å²) in [5.74, 6) is 0. The highest BCUT2D eigenvalue weighted by molar-refractivity contribution is 8.10. The van der Waals surface area contributed by atoms with Gasteiger partial charge in [0.05, 0.1) is 0 Å². The van der Waals surface area contributed by atoms with Crippen LogP contribution in [-0.2, 0) is 20.0 Å². The van der Waals surface area contributed by atoms with E-state index in [0.29, 0.717) is 7.98 Å². The number of halogens is 2. The Labute approximate surface area is 88.0 Å². The van der Waals surface area contributed by atoms with E-state index >= 15 is 0 Å². The summed E-state index contributed by atoms with van der Waals surface area (Å²) < 4.78 is 69.7. The van der Waals surface area contributed by atoms with Crippen LogP contribution in [0.2, 0.25) is 0 Å². The summed E-state index contributed by atoms with van der Waals surface area (Å²) in [5.41, 5.74) is 0. The van der Waals surface area contributed by atoms with Crippen molar-refractivity contribution in [1.82, 2.24) is 3.62 Å². The lowest BCUT2D eigenvalue weighted by Crippen LogP contribution is -2.47. The lowest BCUT2D eigenvalue weighted by atomic mass is 10.1. The number of rotatable bonds is 1. The van der Waals surface area contributed by atoms with E-state index in [-0.39, 0.29) is 3.62 Å². The van der Waals surface area contributed by atoms with Gasteiger partial charge >= 0.3 is 5.25 Å². The van der Waals surface area contributed by atoms with Gasteiger partial charge in [-0.25, -0.2) is 16.8 Å². The van der Waals surface area contributed by atoms with E-state index in [1.807, 2.05) is 0 Å². The topological polar surface area (TPSA) is 71.5 Å². The highest BCUT2D eigenvalue weighted by atomic mass is 32.3. The first-order valence-corrected chi connectivity index (χ1v) is 6.96. The zero-order chi connectivity index (χ0) is 12.3. The van der Waals surface area contributed by atoms with Crippen molar-refractivity contribution in [2.45, 2.75) is 30.3 Å². The Hall–Kier alpha value is -0.215. The summed E-state index contributed by atoms with van der Waals surface area (Å²) in [6.07, 6.45) is -0.480. The van der Waals surface area contributed by atoms with Gasteiger partial charge in [0.25, 0.3) is 10.0 Å². The smallest absolute Gasteiger partial charge is 0.211 e. The average molecular weight is 261 g/mol. The van der Waals surface area contributed by atoms with Crippen LogP contribution in [-0.4, -0.2) is 38.4 Å². The molecule has 0 radical (unpaired) electrons. The molecule has 15 heavy (non-hydrogen) atoms. The molecule has 10 heteroatoms. The fourth-order valence-electron chi connectivity index (χ4n) is 1.39. The molecule has 1 aliphatic heterocycles. The molecule has 0 amide bonds. The van der Waals surface area contributed by atoms with Crippen LogP contribution in [0.5, 0.6) is 0 Å². The summed E-state index contributed by atoms with van der Waals surface area (Å²) in [5, 5.41) is -4.29. The number of alkyl halides is 2. The van der Waals surface area contributed by atoms with Crippen LogP contribution in [0.1, 0.15) is 20.3 Å². The second kappa shape index (κ2) is 2.92. The van der Waals surface area contributed by atoms with E-state index in [4.69, 9.17) is 0 Å². The fraction of sp³-hybridized carbons (Fsp3) is 1.00. The summed E-state index contributed by atoms with van der Waals surface area (Å²) in [7, 11) is -9.03. The first-order chi connectivity index (χ1) is 6.47. The van der Waals surface area contributed by atoms with Crippen LogP contribution in [0.4, 0.5) is 8.78 Å². The maximum atomic E-state index is 13.5. The van der Waals surface area contributed by atoms with Gasteiger partial charge in [0.15, 0.2) is 4.75 Å². The van der Waals surface area contributed by atoms with Gasteiger partial charge in [0, 0.05) is 0 Å². The van der Waals surface area contributed by atoms with E-state index in [2.05, 4.69) is 0 Å². The normalized spacial score (nSPS) is 37.9. The van der Waals surface area contributed by atoms with Crippen molar-refractivity contribution in [3.8, 4) is 0 Å². The minimum Gasteiger partial charge on any atom is -0.211 e. The molecular formula is C5H10BF2NO4S2. The quantitative estimate of drug-likeness (QED) is 0.583. The zero-order valence-electron chi connectivity index (χ0n) is 8.36. The van der Waals surface area contributed by atoms with Crippen molar-refractivity contribution in [2.75, 3.05) is 0 Å². The lowest BCUT2D eigenvalue weighted by molar-refractivity contribution is 0.0512. The largest absolute Gasteiger partial charge is 0.379 e. The van der Waals surface area contributed by atoms with Crippen LogP contribution in [0, 0.1) is 0 Å². The van der Waals surface area contributed by atoms with Crippen LogP contribution in [0.3, 0.4) is 0 Å². The predicted molar refractivity (Wildman–Crippen MR) is 51.9 cm³/mol. The van der Waals surface area contributed by atoms with Crippen molar-refractivity contribution in [1.29, 1.82) is 0 Å². The Morgan fingerprint density at radius 1 is 1.20 bits per heavy atom. The molecule has 0 N–H and O–H groups in total. The molecule has 0 spiro atoms. The minimum atomic E-state index is -5.12. The minimum absolute atomic E-state index is 0.233. The van der Waals surface area contributed by atoms with Crippen molar-refractivity contribution in [3.63, 3.8) is 0 Å². The molecule has 1 saturated heterocycles. The summed E-state index contributed by atoms with van der Waals surface area (Å²) in [6, 6.07) is 0. The van der Waals surface area contributed by atoms with E-state index in [0.717, 1.165) is 6.92 Å². The molecule has 1 rings (SSSR count). The third-order valence-electron chi connectivity index (χ3n) is 2.86. The highest BCUT2D eigenvalue weighted by Gasteiger charge is 2.75. The second-order valence-electron chi connectivity index (χ2n) is 3.49. The lowest BCUT2D eigenvalue weighted by Gasteiger charge is -2.24. The Balaban J connectivity index is 3.73. The summed E-state index contributed by atoms with van der Waals surface area (Å²) >= 11 is 0. The molecule has 1 fully saturated rings. The van der Waals surface area contributed by atoms with E-state index < -0.39 is 36.5 Å².